The fourth-order valence-corrected chi connectivity index (χ4v) is 6.89. The normalized spacial score (nSPS) is 11.7. The second-order valence-corrected chi connectivity index (χ2v) is 14.2. The van der Waals surface area contributed by atoms with Crippen LogP contribution in [0.2, 0.25) is 0 Å². The van der Waals surface area contributed by atoms with E-state index in [1.54, 1.807) is 28.2 Å². The van der Waals surface area contributed by atoms with Crippen molar-refractivity contribution in [2.24, 2.45) is 40.9 Å². The Morgan fingerprint density at radius 3 is 0.717 bits per heavy atom. The topological polar surface area (TPSA) is 265 Å². The van der Waals surface area contributed by atoms with Gasteiger partial charge < -0.3 is 0 Å². The molecule has 4 aromatic carbocycles. The Hall–Kier alpha value is -7.12. The third-order valence-electron chi connectivity index (χ3n) is 11.1. The number of nitrogens with zero attached hydrogens (tertiary/aromatic N) is 16. The largest absolute Gasteiger partial charge is 0.197 e. The predicted molar refractivity (Wildman–Crippen MR) is 234 cm³/mol. The first-order chi connectivity index (χ1) is 28.7. The van der Waals surface area contributed by atoms with Gasteiger partial charge in [0.2, 0.25) is 0 Å². The van der Waals surface area contributed by atoms with Crippen molar-refractivity contribution in [1.82, 2.24) is 61.6 Å². The Bertz CT molecular complexity index is 2750. The van der Waals surface area contributed by atoms with Crippen molar-refractivity contribution < 1.29 is 0 Å². The van der Waals surface area contributed by atoms with Gasteiger partial charge in [0.15, 0.2) is 0 Å². The van der Waals surface area contributed by atoms with Gasteiger partial charge in [-0.2, -0.15) is 103 Å². The number of aromatic amines is 4. The van der Waals surface area contributed by atoms with Crippen LogP contribution >= 0.6 is 0 Å². The summed E-state index contributed by atoms with van der Waals surface area (Å²) in [6, 6.07) is 0. The highest BCUT2D eigenvalue weighted by Crippen LogP contribution is 2.36. The molecule has 4 aromatic heterocycles. The number of aromatic nitrogens is 12. The summed E-state index contributed by atoms with van der Waals surface area (Å²) in [5, 5.41) is 75.3. The number of azo groups is 4. The van der Waals surface area contributed by atoms with Crippen LogP contribution in [0.25, 0.3) is 44.1 Å². The minimum atomic E-state index is 0.793. The Morgan fingerprint density at radius 2 is 0.433 bits per heavy atom. The predicted octanol–water partition coefficient (Wildman–Crippen LogP) is 10.4. The van der Waals surface area contributed by atoms with Crippen LogP contribution in [0.3, 0.4) is 0 Å². The van der Waals surface area contributed by atoms with Crippen LogP contribution in [0.15, 0.2) is 40.9 Å². The minimum absolute atomic E-state index is 0.793. The van der Waals surface area contributed by atoms with Crippen LogP contribution in [0.4, 0.5) is 22.7 Å². The van der Waals surface area contributed by atoms with Gasteiger partial charge in [-0.25, -0.2) is 0 Å². The molecule has 0 aliphatic carbocycles. The van der Waals surface area contributed by atoms with Crippen molar-refractivity contribution in [3.8, 4) is 0 Å². The molecule has 0 aliphatic heterocycles. The summed E-state index contributed by atoms with van der Waals surface area (Å²) in [4.78, 5) is 0. The quantitative estimate of drug-likeness (QED) is 0.124. The van der Waals surface area contributed by atoms with Gasteiger partial charge in [-0.1, -0.05) is 0 Å². The molecular formula is C40H52N20. The number of rotatable bonds is 4. The lowest BCUT2D eigenvalue weighted by Crippen LogP contribution is -1.89. The van der Waals surface area contributed by atoms with E-state index in [9.17, 15) is 0 Å². The second-order valence-electron chi connectivity index (χ2n) is 14.2. The van der Waals surface area contributed by atoms with E-state index < -0.39 is 0 Å². The molecule has 0 spiro atoms. The first-order valence-electron chi connectivity index (χ1n) is 19.1. The van der Waals surface area contributed by atoms with Crippen LogP contribution in [0.5, 0.6) is 0 Å². The molecular weight excluding hydrogens is 761 g/mol. The first-order valence-corrected chi connectivity index (χ1v) is 19.1. The van der Waals surface area contributed by atoms with E-state index in [-0.39, 0.29) is 0 Å². The standard InChI is InChI=1S/4C10H13N5/c2*1-5-6(2)9-10(14-15-13-9)7(3)8(5)12-11-4;2*1-5-6(2)8(12-11-4)10-9(7(5)3)13-15-14-10/h4*1-4H3,(H,13,14,15). The third kappa shape index (κ3) is 8.12. The fraction of sp³-hybridized carbons (Fsp3) is 0.400. The average molecular weight is 813 g/mol. The molecule has 0 fully saturated rings. The zero-order chi connectivity index (χ0) is 44.0. The summed E-state index contributed by atoms with van der Waals surface area (Å²) in [5.41, 5.74) is 23.7. The van der Waals surface area contributed by atoms with Crippen LogP contribution in [-0.2, 0) is 0 Å². The summed E-state index contributed by atoms with van der Waals surface area (Å²) < 4.78 is 0. The van der Waals surface area contributed by atoms with Crippen molar-refractivity contribution in [2.75, 3.05) is 28.2 Å². The molecule has 20 heteroatoms. The number of hydrogen-bond donors (Lipinski definition) is 4. The van der Waals surface area contributed by atoms with Crippen LogP contribution in [0.1, 0.15) is 66.8 Å². The summed E-state index contributed by atoms with van der Waals surface area (Å²) in [6.07, 6.45) is 0. The van der Waals surface area contributed by atoms with Gasteiger partial charge in [-0.3, -0.25) is 0 Å². The monoisotopic (exact) mass is 812 g/mol. The SMILES string of the molecule is CN=Nc1c(C)c(C)c(C)c2n[nH]nc12.CN=Nc1c(C)c(C)c(C)c2n[nH]nc12.CN=Nc1c(C)c(C)c2n[nH]nc2c1C.CN=Nc1c(C)c(C)c2n[nH]nc2c1C. The molecule has 20 nitrogen and oxygen atoms in total. The molecule has 0 aliphatic rings. The van der Waals surface area contributed by atoms with E-state index >= 15 is 0 Å². The number of nitrogens with one attached hydrogen (secondary N) is 4. The summed E-state index contributed by atoms with van der Waals surface area (Å²) in [7, 11) is 6.64. The summed E-state index contributed by atoms with van der Waals surface area (Å²) in [5.74, 6) is 0. The summed E-state index contributed by atoms with van der Waals surface area (Å²) >= 11 is 0. The molecule has 0 bridgehead atoms. The van der Waals surface area contributed by atoms with E-state index in [0.29, 0.717) is 0 Å². The summed E-state index contributed by atoms with van der Waals surface area (Å²) in [6.45, 7) is 24.3. The van der Waals surface area contributed by atoms with Gasteiger partial charge in [0.05, 0.1) is 11.4 Å². The van der Waals surface area contributed by atoms with E-state index in [2.05, 4.69) is 116 Å². The van der Waals surface area contributed by atoms with Gasteiger partial charge >= 0.3 is 0 Å². The van der Waals surface area contributed by atoms with E-state index in [1.807, 2.05) is 69.2 Å². The van der Waals surface area contributed by atoms with Crippen molar-refractivity contribution in [3.05, 3.63) is 66.8 Å². The van der Waals surface area contributed by atoms with Gasteiger partial charge in [0, 0.05) is 39.3 Å². The van der Waals surface area contributed by atoms with Gasteiger partial charge in [0.1, 0.15) is 55.5 Å². The van der Waals surface area contributed by atoms with Gasteiger partial charge in [-0.05, 0) is 139 Å². The third-order valence-corrected chi connectivity index (χ3v) is 11.1. The molecule has 4 N–H and O–H groups in total. The number of hydrogen-bond acceptors (Lipinski definition) is 16. The highest BCUT2D eigenvalue weighted by atomic mass is 15.3. The smallest absolute Gasteiger partial charge is 0.141 e. The van der Waals surface area contributed by atoms with Crippen LogP contribution in [-0.4, -0.2) is 89.8 Å². The zero-order valence-corrected chi connectivity index (χ0v) is 37.2. The molecule has 60 heavy (non-hydrogen) atoms. The Kier molecular flexibility index (Phi) is 13.7. The Labute approximate surface area is 346 Å². The lowest BCUT2D eigenvalue weighted by molar-refractivity contribution is 0.957. The fourth-order valence-electron chi connectivity index (χ4n) is 6.89. The molecule has 8 rings (SSSR count). The van der Waals surface area contributed by atoms with Crippen molar-refractivity contribution in [1.29, 1.82) is 0 Å². The highest BCUT2D eigenvalue weighted by Gasteiger charge is 2.17. The maximum Gasteiger partial charge on any atom is 0.141 e. The maximum absolute atomic E-state index is 4.14. The molecule has 0 saturated heterocycles. The minimum Gasteiger partial charge on any atom is -0.197 e. The number of aryl methyl sites for hydroxylation is 6. The molecule has 8 aromatic rings. The zero-order valence-electron chi connectivity index (χ0n) is 37.2. The second kappa shape index (κ2) is 18.6. The molecule has 4 heterocycles. The van der Waals surface area contributed by atoms with Crippen LogP contribution in [0, 0.1) is 83.1 Å². The number of H-pyrrole nitrogens is 4. The number of fused-ring (bicyclic) bond motifs is 4. The van der Waals surface area contributed by atoms with Crippen LogP contribution < -0.4 is 0 Å². The molecule has 0 radical (unpaired) electrons. The molecule has 0 amide bonds. The molecule has 0 unspecified atom stereocenters. The lowest BCUT2D eigenvalue weighted by atomic mass is 10.0. The van der Waals surface area contributed by atoms with E-state index in [4.69, 9.17) is 0 Å². The van der Waals surface area contributed by atoms with E-state index in [1.165, 1.54) is 11.1 Å². The number of benzene rings is 4. The lowest BCUT2D eigenvalue weighted by Gasteiger charge is -2.07. The average Bonchev–Trinajstić information content (AvgIpc) is 4.09. The molecule has 0 atom stereocenters. The molecule has 0 saturated carbocycles. The maximum atomic E-state index is 4.14. The van der Waals surface area contributed by atoms with Crippen molar-refractivity contribution in [2.45, 2.75) is 83.1 Å². The Balaban J connectivity index is 0.000000152. The first kappa shape index (κ1) is 44.0. The Morgan fingerprint density at radius 1 is 0.233 bits per heavy atom. The molecule has 312 valence electrons. The van der Waals surface area contributed by atoms with Gasteiger partial charge in [0.25, 0.3) is 0 Å². The van der Waals surface area contributed by atoms with Gasteiger partial charge in [-0.15, -0.1) is 0 Å². The van der Waals surface area contributed by atoms with Crippen molar-refractivity contribution in [3.63, 3.8) is 0 Å². The van der Waals surface area contributed by atoms with E-state index in [0.717, 1.165) is 123 Å². The van der Waals surface area contributed by atoms with Crippen molar-refractivity contribution >= 4 is 66.9 Å². The highest BCUT2D eigenvalue weighted by molar-refractivity contribution is 5.92.